The molecular formula is C13H18ClN3. The fraction of sp³-hybridized carbons (Fsp3) is 0.692. The summed E-state index contributed by atoms with van der Waals surface area (Å²) in [5.74, 6) is 0.974. The molecule has 2 heterocycles. The summed E-state index contributed by atoms with van der Waals surface area (Å²) in [5.41, 5.74) is 0.663. The average molecular weight is 252 g/mol. The molecule has 1 spiro atoms. The van der Waals surface area contributed by atoms with E-state index in [1.54, 1.807) is 0 Å². The van der Waals surface area contributed by atoms with Crippen molar-refractivity contribution in [3.8, 4) is 0 Å². The number of halogens is 1. The molecule has 0 amide bonds. The van der Waals surface area contributed by atoms with E-state index >= 15 is 0 Å². The van der Waals surface area contributed by atoms with Crippen molar-refractivity contribution in [3.63, 3.8) is 0 Å². The summed E-state index contributed by atoms with van der Waals surface area (Å²) < 4.78 is 0. The van der Waals surface area contributed by atoms with Gasteiger partial charge < -0.3 is 4.90 Å². The first kappa shape index (κ1) is 11.3. The minimum Gasteiger partial charge on any atom is -0.355 e. The molecule has 2 aliphatic rings. The summed E-state index contributed by atoms with van der Waals surface area (Å²) in [4.78, 5) is 2.34. The summed E-state index contributed by atoms with van der Waals surface area (Å²) in [5, 5.41) is 8.55. The van der Waals surface area contributed by atoms with Gasteiger partial charge in [-0.25, -0.2) is 0 Å². The van der Waals surface area contributed by atoms with Crippen molar-refractivity contribution < 1.29 is 0 Å². The van der Waals surface area contributed by atoms with Crippen LogP contribution in [-0.2, 0) is 0 Å². The van der Waals surface area contributed by atoms with Crippen molar-refractivity contribution in [1.29, 1.82) is 0 Å². The van der Waals surface area contributed by atoms with Crippen LogP contribution in [0, 0.1) is 5.41 Å². The molecule has 0 unspecified atom stereocenters. The second-order valence-electron chi connectivity index (χ2n) is 5.41. The van der Waals surface area contributed by atoms with Crippen LogP contribution in [0.4, 0.5) is 5.82 Å². The van der Waals surface area contributed by atoms with Crippen LogP contribution in [0.5, 0.6) is 0 Å². The maximum atomic E-state index is 5.76. The van der Waals surface area contributed by atoms with Gasteiger partial charge in [0.1, 0.15) is 0 Å². The normalized spacial score (nSPS) is 23.2. The molecule has 1 aromatic heterocycles. The molecular weight excluding hydrogens is 234 g/mol. The lowest BCUT2D eigenvalue weighted by atomic mass is 9.77. The monoisotopic (exact) mass is 251 g/mol. The standard InChI is InChI=1S/C13H18ClN3/c14-11-3-4-12(16-15-11)17-9-7-13(8-10-17)5-1-2-6-13/h3-4H,1-2,5-10H2. The van der Waals surface area contributed by atoms with E-state index in [1.807, 2.05) is 12.1 Å². The van der Waals surface area contributed by atoms with Crippen LogP contribution >= 0.6 is 11.6 Å². The summed E-state index contributed by atoms with van der Waals surface area (Å²) in [6, 6.07) is 3.80. The zero-order valence-electron chi connectivity index (χ0n) is 10.0. The van der Waals surface area contributed by atoms with E-state index in [2.05, 4.69) is 15.1 Å². The van der Waals surface area contributed by atoms with Crippen molar-refractivity contribution in [2.24, 2.45) is 5.41 Å². The first-order valence-electron chi connectivity index (χ1n) is 6.52. The molecule has 92 valence electrons. The van der Waals surface area contributed by atoms with Gasteiger partial charge in [0, 0.05) is 13.1 Å². The molecule has 1 aliphatic heterocycles. The predicted molar refractivity (Wildman–Crippen MR) is 69.4 cm³/mol. The lowest BCUT2D eigenvalue weighted by molar-refractivity contribution is 0.226. The third-order valence-corrected chi connectivity index (χ3v) is 4.63. The van der Waals surface area contributed by atoms with Gasteiger partial charge in [0.05, 0.1) is 0 Å². The highest BCUT2D eigenvalue weighted by atomic mass is 35.5. The van der Waals surface area contributed by atoms with E-state index in [0.29, 0.717) is 10.6 Å². The zero-order valence-corrected chi connectivity index (χ0v) is 10.8. The van der Waals surface area contributed by atoms with Gasteiger partial charge in [-0.2, -0.15) is 0 Å². The molecule has 0 N–H and O–H groups in total. The van der Waals surface area contributed by atoms with Crippen LogP contribution in [0.3, 0.4) is 0 Å². The topological polar surface area (TPSA) is 29.0 Å². The minimum absolute atomic E-state index is 0.470. The molecule has 4 heteroatoms. The van der Waals surface area contributed by atoms with Gasteiger partial charge in [-0.3, -0.25) is 0 Å². The lowest BCUT2D eigenvalue weighted by Gasteiger charge is -2.39. The van der Waals surface area contributed by atoms with Gasteiger partial charge in [0.15, 0.2) is 11.0 Å². The average Bonchev–Trinajstić information content (AvgIpc) is 2.80. The predicted octanol–water partition coefficient (Wildman–Crippen LogP) is 3.29. The number of hydrogen-bond acceptors (Lipinski definition) is 3. The van der Waals surface area contributed by atoms with Gasteiger partial charge in [-0.05, 0) is 43.2 Å². The Hall–Kier alpha value is -0.830. The van der Waals surface area contributed by atoms with Gasteiger partial charge in [0.25, 0.3) is 0 Å². The van der Waals surface area contributed by atoms with Crippen LogP contribution in [0.2, 0.25) is 5.15 Å². The van der Waals surface area contributed by atoms with Crippen molar-refractivity contribution in [2.45, 2.75) is 38.5 Å². The Kier molecular flexibility index (Phi) is 2.95. The second-order valence-corrected chi connectivity index (χ2v) is 5.80. The highest BCUT2D eigenvalue weighted by Crippen LogP contribution is 2.46. The molecule has 0 radical (unpaired) electrons. The number of piperidine rings is 1. The molecule has 1 aromatic rings. The highest BCUT2D eigenvalue weighted by Gasteiger charge is 2.37. The smallest absolute Gasteiger partial charge is 0.151 e. The first-order chi connectivity index (χ1) is 8.27. The number of hydrogen-bond donors (Lipinski definition) is 0. The molecule has 1 saturated carbocycles. The maximum absolute atomic E-state index is 5.76. The molecule has 0 bridgehead atoms. The molecule has 3 rings (SSSR count). The van der Waals surface area contributed by atoms with Crippen LogP contribution in [-0.4, -0.2) is 23.3 Å². The first-order valence-corrected chi connectivity index (χ1v) is 6.90. The number of rotatable bonds is 1. The molecule has 3 nitrogen and oxygen atoms in total. The fourth-order valence-electron chi connectivity index (χ4n) is 3.31. The Morgan fingerprint density at radius 2 is 1.71 bits per heavy atom. The van der Waals surface area contributed by atoms with E-state index in [1.165, 1.54) is 38.5 Å². The molecule has 2 fully saturated rings. The minimum atomic E-state index is 0.470. The second kappa shape index (κ2) is 4.45. The Labute approximate surface area is 107 Å². The van der Waals surface area contributed by atoms with Crippen molar-refractivity contribution in [1.82, 2.24) is 10.2 Å². The van der Waals surface area contributed by atoms with E-state index in [4.69, 9.17) is 11.6 Å². The van der Waals surface area contributed by atoms with E-state index in [-0.39, 0.29) is 0 Å². The van der Waals surface area contributed by atoms with Gasteiger partial charge in [-0.1, -0.05) is 24.4 Å². The van der Waals surface area contributed by atoms with Crippen molar-refractivity contribution >= 4 is 17.4 Å². The molecule has 0 aromatic carbocycles. The highest BCUT2D eigenvalue weighted by molar-refractivity contribution is 6.29. The van der Waals surface area contributed by atoms with Crippen LogP contribution in [0.25, 0.3) is 0 Å². The van der Waals surface area contributed by atoms with E-state index in [9.17, 15) is 0 Å². The van der Waals surface area contributed by atoms with Crippen LogP contribution in [0.1, 0.15) is 38.5 Å². The lowest BCUT2D eigenvalue weighted by Crippen LogP contribution is -2.39. The van der Waals surface area contributed by atoms with Crippen molar-refractivity contribution in [2.75, 3.05) is 18.0 Å². The summed E-state index contributed by atoms with van der Waals surface area (Å²) in [6.07, 6.45) is 8.37. The molecule has 1 saturated heterocycles. The Morgan fingerprint density at radius 3 is 2.29 bits per heavy atom. The largest absolute Gasteiger partial charge is 0.355 e. The van der Waals surface area contributed by atoms with Gasteiger partial charge in [-0.15, -0.1) is 10.2 Å². The maximum Gasteiger partial charge on any atom is 0.151 e. The number of aromatic nitrogens is 2. The summed E-state index contributed by atoms with van der Waals surface area (Å²) in [6.45, 7) is 2.24. The van der Waals surface area contributed by atoms with E-state index in [0.717, 1.165) is 18.9 Å². The number of nitrogens with zero attached hydrogens (tertiary/aromatic N) is 3. The van der Waals surface area contributed by atoms with Crippen LogP contribution in [0.15, 0.2) is 12.1 Å². The molecule has 17 heavy (non-hydrogen) atoms. The number of anilines is 1. The summed E-state index contributed by atoms with van der Waals surface area (Å²) >= 11 is 5.76. The van der Waals surface area contributed by atoms with Gasteiger partial charge >= 0.3 is 0 Å². The van der Waals surface area contributed by atoms with Crippen molar-refractivity contribution in [3.05, 3.63) is 17.3 Å². The quantitative estimate of drug-likeness (QED) is 0.767. The molecule has 0 atom stereocenters. The SMILES string of the molecule is Clc1ccc(N2CCC3(CCCC3)CC2)nn1. The fourth-order valence-corrected chi connectivity index (χ4v) is 3.41. The Balaban J connectivity index is 1.66. The van der Waals surface area contributed by atoms with Crippen LogP contribution < -0.4 is 4.90 Å². The molecule has 1 aliphatic carbocycles. The third kappa shape index (κ3) is 2.25. The van der Waals surface area contributed by atoms with Gasteiger partial charge in [0.2, 0.25) is 0 Å². The Morgan fingerprint density at radius 1 is 1.00 bits per heavy atom. The third-order valence-electron chi connectivity index (χ3n) is 4.43. The summed E-state index contributed by atoms with van der Waals surface area (Å²) in [7, 11) is 0. The Bertz CT molecular complexity index is 374. The zero-order chi connectivity index (χ0) is 11.7. The van der Waals surface area contributed by atoms with E-state index < -0.39 is 0 Å².